The first-order valence-corrected chi connectivity index (χ1v) is 7.82. The molecule has 1 aromatic heterocycles. The fourth-order valence-corrected chi connectivity index (χ4v) is 2.85. The molecule has 1 aromatic carbocycles. The van der Waals surface area contributed by atoms with Gasteiger partial charge in [-0.15, -0.1) is 0 Å². The molecule has 21 heavy (non-hydrogen) atoms. The van der Waals surface area contributed by atoms with Crippen molar-refractivity contribution in [2.24, 2.45) is 0 Å². The van der Waals surface area contributed by atoms with E-state index in [1.807, 2.05) is 0 Å². The van der Waals surface area contributed by atoms with E-state index in [4.69, 9.17) is 4.42 Å². The first kappa shape index (κ1) is 14.1. The fraction of sp³-hybridized carbons (Fsp3) is 0.471. The van der Waals surface area contributed by atoms with E-state index < -0.39 is 0 Å². The zero-order valence-corrected chi connectivity index (χ0v) is 12.6. The number of anilines is 1. The largest absolute Gasteiger partial charge is 0.432 e. The Bertz CT molecular complexity index is 552. The molecular formula is C17H23N3O. The van der Waals surface area contributed by atoms with E-state index in [2.05, 4.69) is 52.5 Å². The van der Waals surface area contributed by atoms with Crippen LogP contribution < -0.4 is 10.2 Å². The highest BCUT2D eigenvalue weighted by Gasteiger charge is 2.26. The molecular weight excluding hydrogens is 262 g/mol. The number of rotatable bonds is 6. The van der Waals surface area contributed by atoms with Gasteiger partial charge in [-0.3, -0.25) is 0 Å². The maximum atomic E-state index is 5.64. The SMILES string of the molecule is CCCNCc1coc(N2CCC(c3ccccc3)C2)n1. The lowest BCUT2D eigenvalue weighted by Gasteiger charge is -2.13. The summed E-state index contributed by atoms with van der Waals surface area (Å²) < 4.78 is 5.64. The smallest absolute Gasteiger partial charge is 0.297 e. The van der Waals surface area contributed by atoms with Crippen molar-refractivity contribution < 1.29 is 4.42 Å². The molecule has 1 unspecified atom stereocenters. The van der Waals surface area contributed by atoms with Crippen LogP contribution in [0.3, 0.4) is 0 Å². The van der Waals surface area contributed by atoms with Gasteiger partial charge >= 0.3 is 0 Å². The summed E-state index contributed by atoms with van der Waals surface area (Å²) in [5.41, 5.74) is 2.40. The molecule has 2 aromatic rings. The average Bonchev–Trinajstić information content (AvgIpc) is 3.17. The quantitative estimate of drug-likeness (QED) is 0.828. The minimum absolute atomic E-state index is 0.583. The Kier molecular flexibility index (Phi) is 4.55. The zero-order valence-electron chi connectivity index (χ0n) is 12.6. The molecule has 2 heterocycles. The van der Waals surface area contributed by atoms with E-state index in [1.165, 1.54) is 5.56 Å². The molecule has 1 aliphatic heterocycles. The van der Waals surface area contributed by atoms with E-state index in [1.54, 1.807) is 6.26 Å². The van der Waals surface area contributed by atoms with Gasteiger partial charge in [0.1, 0.15) is 6.26 Å². The standard InChI is InChI=1S/C17H23N3O/c1-2-9-18-11-16-13-21-17(19-16)20-10-8-15(12-20)14-6-4-3-5-7-14/h3-7,13,15,18H,2,8-12H2,1H3. The molecule has 1 atom stereocenters. The van der Waals surface area contributed by atoms with Crippen LogP contribution in [0.5, 0.6) is 0 Å². The second-order valence-corrected chi connectivity index (χ2v) is 5.64. The van der Waals surface area contributed by atoms with E-state index in [0.29, 0.717) is 5.92 Å². The Morgan fingerprint density at radius 1 is 1.33 bits per heavy atom. The molecule has 1 saturated heterocycles. The topological polar surface area (TPSA) is 41.3 Å². The maximum Gasteiger partial charge on any atom is 0.297 e. The molecule has 1 aliphatic rings. The van der Waals surface area contributed by atoms with Crippen LogP contribution in [0.1, 0.15) is 36.9 Å². The Morgan fingerprint density at radius 3 is 3.00 bits per heavy atom. The van der Waals surface area contributed by atoms with Crippen LogP contribution in [0, 0.1) is 0 Å². The Hall–Kier alpha value is -1.81. The predicted octanol–water partition coefficient (Wildman–Crippen LogP) is 3.17. The summed E-state index contributed by atoms with van der Waals surface area (Å²) in [6, 6.07) is 11.5. The normalized spacial score (nSPS) is 18.3. The van der Waals surface area contributed by atoms with Crippen LogP contribution in [-0.4, -0.2) is 24.6 Å². The Balaban J connectivity index is 1.59. The summed E-state index contributed by atoms with van der Waals surface area (Å²) in [6.07, 6.45) is 4.07. The van der Waals surface area contributed by atoms with Gasteiger partial charge in [-0.1, -0.05) is 37.3 Å². The van der Waals surface area contributed by atoms with Crippen LogP contribution in [0.4, 0.5) is 6.01 Å². The monoisotopic (exact) mass is 285 g/mol. The minimum atomic E-state index is 0.583. The third kappa shape index (κ3) is 3.45. The molecule has 0 saturated carbocycles. The highest BCUT2D eigenvalue weighted by molar-refractivity contribution is 5.33. The highest BCUT2D eigenvalue weighted by Crippen LogP contribution is 2.30. The van der Waals surface area contributed by atoms with Crippen LogP contribution in [0.25, 0.3) is 0 Å². The first-order valence-electron chi connectivity index (χ1n) is 7.82. The number of hydrogen-bond acceptors (Lipinski definition) is 4. The van der Waals surface area contributed by atoms with Gasteiger partial charge in [0.05, 0.1) is 5.69 Å². The van der Waals surface area contributed by atoms with Crippen LogP contribution in [-0.2, 0) is 6.54 Å². The van der Waals surface area contributed by atoms with Crippen molar-refractivity contribution in [3.63, 3.8) is 0 Å². The summed E-state index contributed by atoms with van der Waals surface area (Å²) in [6.45, 7) is 5.97. The Morgan fingerprint density at radius 2 is 2.19 bits per heavy atom. The molecule has 4 nitrogen and oxygen atoms in total. The average molecular weight is 285 g/mol. The van der Waals surface area contributed by atoms with Crippen molar-refractivity contribution in [3.8, 4) is 0 Å². The van der Waals surface area contributed by atoms with Crippen molar-refractivity contribution in [1.29, 1.82) is 0 Å². The zero-order chi connectivity index (χ0) is 14.5. The molecule has 0 bridgehead atoms. The van der Waals surface area contributed by atoms with Crippen molar-refractivity contribution in [2.75, 3.05) is 24.5 Å². The van der Waals surface area contributed by atoms with Gasteiger partial charge in [0.2, 0.25) is 0 Å². The second-order valence-electron chi connectivity index (χ2n) is 5.64. The number of benzene rings is 1. The fourth-order valence-electron chi connectivity index (χ4n) is 2.85. The molecule has 3 rings (SSSR count). The first-order chi connectivity index (χ1) is 10.4. The summed E-state index contributed by atoms with van der Waals surface area (Å²) in [5, 5.41) is 3.35. The molecule has 112 valence electrons. The van der Waals surface area contributed by atoms with Crippen LogP contribution >= 0.6 is 0 Å². The van der Waals surface area contributed by atoms with Gasteiger partial charge < -0.3 is 14.6 Å². The summed E-state index contributed by atoms with van der Waals surface area (Å²) in [5.74, 6) is 0.583. The van der Waals surface area contributed by atoms with Gasteiger partial charge in [0.15, 0.2) is 0 Å². The van der Waals surface area contributed by atoms with E-state index in [0.717, 1.165) is 50.7 Å². The van der Waals surface area contributed by atoms with Crippen molar-refractivity contribution in [1.82, 2.24) is 10.3 Å². The predicted molar refractivity (Wildman–Crippen MR) is 84.5 cm³/mol. The Labute approximate surface area is 126 Å². The van der Waals surface area contributed by atoms with Gasteiger partial charge in [-0.05, 0) is 24.9 Å². The number of nitrogens with zero attached hydrogens (tertiary/aromatic N) is 2. The molecule has 1 N–H and O–H groups in total. The van der Waals surface area contributed by atoms with Gasteiger partial charge in [-0.25, -0.2) is 0 Å². The highest BCUT2D eigenvalue weighted by atomic mass is 16.4. The van der Waals surface area contributed by atoms with Crippen LogP contribution in [0.2, 0.25) is 0 Å². The van der Waals surface area contributed by atoms with Gasteiger partial charge in [0.25, 0.3) is 6.01 Å². The number of oxazole rings is 1. The molecule has 0 amide bonds. The lowest BCUT2D eigenvalue weighted by Crippen LogP contribution is -2.20. The van der Waals surface area contributed by atoms with E-state index in [-0.39, 0.29) is 0 Å². The molecule has 1 fully saturated rings. The number of hydrogen-bond donors (Lipinski definition) is 1. The lowest BCUT2D eigenvalue weighted by molar-refractivity contribution is 0.543. The third-order valence-electron chi connectivity index (χ3n) is 4.00. The number of aromatic nitrogens is 1. The van der Waals surface area contributed by atoms with Gasteiger partial charge in [-0.2, -0.15) is 4.98 Å². The van der Waals surface area contributed by atoms with Crippen molar-refractivity contribution in [3.05, 3.63) is 47.9 Å². The van der Waals surface area contributed by atoms with E-state index in [9.17, 15) is 0 Å². The van der Waals surface area contributed by atoms with Crippen molar-refractivity contribution >= 4 is 6.01 Å². The summed E-state index contributed by atoms with van der Waals surface area (Å²) >= 11 is 0. The molecule has 0 radical (unpaired) electrons. The molecule has 0 spiro atoms. The summed E-state index contributed by atoms with van der Waals surface area (Å²) in [4.78, 5) is 6.84. The van der Waals surface area contributed by atoms with Gasteiger partial charge in [0, 0.05) is 25.6 Å². The van der Waals surface area contributed by atoms with E-state index >= 15 is 0 Å². The number of nitrogens with one attached hydrogen (secondary N) is 1. The van der Waals surface area contributed by atoms with Crippen molar-refractivity contribution in [2.45, 2.75) is 32.2 Å². The molecule has 4 heteroatoms. The lowest BCUT2D eigenvalue weighted by atomic mass is 9.99. The molecule has 0 aliphatic carbocycles. The summed E-state index contributed by atoms with van der Waals surface area (Å²) in [7, 11) is 0. The minimum Gasteiger partial charge on any atom is -0.432 e. The second kappa shape index (κ2) is 6.76. The maximum absolute atomic E-state index is 5.64. The van der Waals surface area contributed by atoms with Crippen LogP contribution in [0.15, 0.2) is 41.0 Å². The third-order valence-corrected chi connectivity index (χ3v) is 4.00.